The maximum atomic E-state index is 11.3. The summed E-state index contributed by atoms with van der Waals surface area (Å²) in [7, 11) is 0. The molecule has 0 heterocycles. The summed E-state index contributed by atoms with van der Waals surface area (Å²) in [5.41, 5.74) is 0. The van der Waals surface area contributed by atoms with Gasteiger partial charge in [0.2, 0.25) is 0 Å². The summed E-state index contributed by atoms with van der Waals surface area (Å²) >= 11 is 0. The van der Waals surface area contributed by atoms with E-state index in [9.17, 15) is 9.59 Å². The minimum absolute atomic E-state index is 0.150. The van der Waals surface area contributed by atoms with Crippen molar-refractivity contribution in [2.75, 3.05) is 32.7 Å². The molecule has 106 valence electrons. The molecular weight excluding hydrogens is 234 g/mol. The molecule has 1 atom stereocenters. The van der Waals surface area contributed by atoms with Crippen LogP contribution in [0.15, 0.2) is 0 Å². The lowest BCUT2D eigenvalue weighted by molar-refractivity contribution is -0.140. The lowest BCUT2D eigenvalue weighted by Crippen LogP contribution is -2.40. The number of hydrogen-bond acceptors (Lipinski definition) is 3. The Morgan fingerprint density at radius 1 is 1.22 bits per heavy atom. The molecule has 0 rings (SSSR count). The number of nitrogens with zero attached hydrogens (tertiary/aromatic N) is 1. The molecular formula is C12H25N3O3. The lowest BCUT2D eigenvalue weighted by atomic mass is 10.2. The average molecular weight is 259 g/mol. The van der Waals surface area contributed by atoms with Gasteiger partial charge in [0.15, 0.2) is 0 Å². The Balaban J connectivity index is 3.56. The molecule has 6 heteroatoms. The van der Waals surface area contributed by atoms with Crippen LogP contribution in [0.1, 0.15) is 27.2 Å². The minimum atomic E-state index is -0.906. The molecule has 0 aliphatic rings. The third-order valence-corrected chi connectivity index (χ3v) is 2.82. The summed E-state index contributed by atoms with van der Waals surface area (Å²) < 4.78 is 0. The fraction of sp³-hybridized carbons (Fsp3) is 0.833. The van der Waals surface area contributed by atoms with Gasteiger partial charge in [-0.1, -0.05) is 20.8 Å². The van der Waals surface area contributed by atoms with Gasteiger partial charge in [-0.3, -0.25) is 4.79 Å². The number of hydrogen-bond donors (Lipinski definition) is 3. The van der Waals surface area contributed by atoms with E-state index in [1.54, 1.807) is 6.92 Å². The van der Waals surface area contributed by atoms with E-state index in [0.29, 0.717) is 6.54 Å². The quantitative estimate of drug-likeness (QED) is 0.533. The van der Waals surface area contributed by atoms with Crippen LogP contribution in [0.4, 0.5) is 4.79 Å². The zero-order valence-corrected chi connectivity index (χ0v) is 11.5. The summed E-state index contributed by atoms with van der Waals surface area (Å²) in [6.45, 7) is 9.51. The number of nitrogens with one attached hydrogen (secondary N) is 2. The zero-order valence-electron chi connectivity index (χ0n) is 11.5. The standard InChI is InChI=1S/C12H25N3O3/c1-4-15(5-2)8-6-7-13-12(18)14-9-10(3)11(16)17/h10H,4-9H2,1-3H3,(H,16,17)(H2,13,14,18). The molecule has 0 radical (unpaired) electrons. The number of carboxylic acids is 1. The first-order chi connectivity index (χ1) is 8.51. The SMILES string of the molecule is CCN(CC)CCCNC(=O)NCC(C)C(=O)O. The van der Waals surface area contributed by atoms with Gasteiger partial charge in [-0.25, -0.2) is 4.79 Å². The molecule has 2 amide bonds. The van der Waals surface area contributed by atoms with Crippen LogP contribution in [0, 0.1) is 5.92 Å². The van der Waals surface area contributed by atoms with Crippen LogP contribution >= 0.6 is 0 Å². The summed E-state index contributed by atoms with van der Waals surface area (Å²) in [6, 6.07) is -0.303. The van der Waals surface area contributed by atoms with Crippen molar-refractivity contribution in [3.63, 3.8) is 0 Å². The highest BCUT2D eigenvalue weighted by molar-refractivity contribution is 5.75. The minimum Gasteiger partial charge on any atom is -0.481 e. The summed E-state index contributed by atoms with van der Waals surface area (Å²) in [5, 5.41) is 13.9. The first kappa shape index (κ1) is 16.7. The van der Waals surface area contributed by atoms with Gasteiger partial charge in [-0.15, -0.1) is 0 Å². The number of carbonyl (C=O) groups is 2. The molecule has 3 N–H and O–H groups in total. The van der Waals surface area contributed by atoms with Gasteiger partial charge in [-0.05, 0) is 26.1 Å². The summed E-state index contributed by atoms with van der Waals surface area (Å²) in [5.74, 6) is -1.47. The Morgan fingerprint density at radius 2 is 1.83 bits per heavy atom. The van der Waals surface area contributed by atoms with Crippen molar-refractivity contribution in [1.82, 2.24) is 15.5 Å². The van der Waals surface area contributed by atoms with Crippen LogP contribution in [-0.2, 0) is 4.79 Å². The summed E-state index contributed by atoms with van der Waals surface area (Å²) in [4.78, 5) is 24.1. The molecule has 0 saturated carbocycles. The number of carboxylic acid groups (broad SMARTS) is 1. The van der Waals surface area contributed by atoms with Crippen molar-refractivity contribution in [3.05, 3.63) is 0 Å². The second-order valence-corrected chi connectivity index (χ2v) is 4.26. The van der Waals surface area contributed by atoms with Crippen LogP contribution in [0.3, 0.4) is 0 Å². The van der Waals surface area contributed by atoms with Crippen LogP contribution in [0.2, 0.25) is 0 Å². The molecule has 0 aromatic rings. The molecule has 0 saturated heterocycles. The van der Waals surface area contributed by atoms with Crippen LogP contribution < -0.4 is 10.6 Å². The van der Waals surface area contributed by atoms with Gasteiger partial charge in [-0.2, -0.15) is 0 Å². The van der Waals surface area contributed by atoms with E-state index in [-0.39, 0.29) is 12.6 Å². The highest BCUT2D eigenvalue weighted by atomic mass is 16.4. The maximum absolute atomic E-state index is 11.3. The Hall–Kier alpha value is -1.30. The average Bonchev–Trinajstić information content (AvgIpc) is 2.35. The fourth-order valence-electron chi connectivity index (χ4n) is 1.44. The fourth-order valence-corrected chi connectivity index (χ4v) is 1.44. The van der Waals surface area contributed by atoms with Gasteiger partial charge in [0.1, 0.15) is 0 Å². The topological polar surface area (TPSA) is 81.7 Å². The first-order valence-electron chi connectivity index (χ1n) is 6.48. The lowest BCUT2D eigenvalue weighted by Gasteiger charge is -2.17. The van der Waals surface area contributed by atoms with E-state index < -0.39 is 11.9 Å². The largest absolute Gasteiger partial charge is 0.481 e. The van der Waals surface area contributed by atoms with Crippen LogP contribution in [0.5, 0.6) is 0 Å². The second-order valence-electron chi connectivity index (χ2n) is 4.26. The Labute approximate surface area is 109 Å². The van der Waals surface area contributed by atoms with Crippen LogP contribution in [0.25, 0.3) is 0 Å². The van der Waals surface area contributed by atoms with E-state index in [0.717, 1.165) is 26.1 Å². The monoisotopic (exact) mass is 259 g/mol. The number of carbonyl (C=O) groups excluding carboxylic acids is 1. The molecule has 0 bridgehead atoms. The molecule has 0 aliphatic heterocycles. The highest BCUT2D eigenvalue weighted by Crippen LogP contribution is 1.91. The van der Waals surface area contributed by atoms with Crippen molar-refractivity contribution in [2.24, 2.45) is 5.92 Å². The number of urea groups is 1. The van der Waals surface area contributed by atoms with E-state index in [1.807, 2.05) is 0 Å². The third-order valence-electron chi connectivity index (χ3n) is 2.82. The Kier molecular flexibility index (Phi) is 9.00. The normalized spacial score (nSPS) is 12.2. The predicted molar refractivity (Wildman–Crippen MR) is 70.6 cm³/mol. The van der Waals surface area contributed by atoms with Crippen molar-refractivity contribution in [1.29, 1.82) is 0 Å². The van der Waals surface area contributed by atoms with Gasteiger partial charge in [0.05, 0.1) is 5.92 Å². The third kappa shape index (κ3) is 7.89. The number of rotatable bonds is 9. The van der Waals surface area contributed by atoms with E-state index in [4.69, 9.17) is 5.11 Å². The predicted octanol–water partition coefficient (Wildman–Crippen LogP) is 0.738. The van der Waals surface area contributed by atoms with E-state index in [2.05, 4.69) is 29.4 Å². The van der Waals surface area contributed by atoms with Gasteiger partial charge < -0.3 is 20.6 Å². The molecule has 0 aromatic carbocycles. The van der Waals surface area contributed by atoms with Crippen molar-refractivity contribution in [2.45, 2.75) is 27.2 Å². The van der Waals surface area contributed by atoms with E-state index in [1.165, 1.54) is 0 Å². The first-order valence-corrected chi connectivity index (χ1v) is 6.48. The Bertz CT molecular complexity index is 255. The zero-order chi connectivity index (χ0) is 14.0. The van der Waals surface area contributed by atoms with Crippen molar-refractivity contribution >= 4 is 12.0 Å². The van der Waals surface area contributed by atoms with Crippen molar-refractivity contribution < 1.29 is 14.7 Å². The molecule has 0 fully saturated rings. The van der Waals surface area contributed by atoms with Gasteiger partial charge >= 0.3 is 12.0 Å². The number of amides is 2. The smallest absolute Gasteiger partial charge is 0.314 e. The Morgan fingerprint density at radius 3 is 2.33 bits per heavy atom. The molecule has 1 unspecified atom stereocenters. The highest BCUT2D eigenvalue weighted by Gasteiger charge is 2.11. The number of aliphatic carboxylic acids is 1. The van der Waals surface area contributed by atoms with Gasteiger partial charge in [0.25, 0.3) is 0 Å². The molecule has 0 aromatic heterocycles. The molecule has 18 heavy (non-hydrogen) atoms. The van der Waals surface area contributed by atoms with Crippen molar-refractivity contribution in [3.8, 4) is 0 Å². The molecule has 6 nitrogen and oxygen atoms in total. The second kappa shape index (κ2) is 9.70. The molecule has 0 spiro atoms. The molecule has 0 aliphatic carbocycles. The van der Waals surface area contributed by atoms with Crippen LogP contribution in [-0.4, -0.2) is 54.7 Å². The van der Waals surface area contributed by atoms with E-state index >= 15 is 0 Å². The van der Waals surface area contributed by atoms with Gasteiger partial charge in [0, 0.05) is 13.1 Å². The maximum Gasteiger partial charge on any atom is 0.314 e. The summed E-state index contributed by atoms with van der Waals surface area (Å²) in [6.07, 6.45) is 0.892.